The van der Waals surface area contributed by atoms with Crippen molar-refractivity contribution >= 4 is 15.7 Å². The normalized spacial score (nSPS) is 10.9. The van der Waals surface area contributed by atoms with Crippen molar-refractivity contribution in [3.05, 3.63) is 29.3 Å². The molecule has 0 radical (unpaired) electrons. The molecule has 0 saturated heterocycles. The molecule has 0 aromatic heterocycles. The Balaban J connectivity index is 2.97. The highest BCUT2D eigenvalue weighted by Gasteiger charge is 2.13. The Labute approximate surface area is 102 Å². The zero-order valence-corrected chi connectivity index (χ0v) is 10.8. The molecule has 0 amide bonds. The van der Waals surface area contributed by atoms with Crippen molar-refractivity contribution in [2.75, 3.05) is 10.5 Å². The largest absolute Gasteiger partial charge is 0.282 e. The molecule has 0 saturated carbocycles. The van der Waals surface area contributed by atoms with Crippen LogP contribution in [-0.2, 0) is 10.0 Å². The van der Waals surface area contributed by atoms with Gasteiger partial charge in [-0.25, -0.2) is 8.42 Å². The summed E-state index contributed by atoms with van der Waals surface area (Å²) in [6.07, 6.45) is 1.43. The smallest absolute Gasteiger partial charge is 0.232 e. The summed E-state index contributed by atoms with van der Waals surface area (Å²) in [6.45, 7) is 3.71. The van der Waals surface area contributed by atoms with E-state index < -0.39 is 10.0 Å². The third kappa shape index (κ3) is 3.75. The number of benzene rings is 1. The van der Waals surface area contributed by atoms with Crippen LogP contribution in [0.5, 0.6) is 0 Å². The minimum absolute atomic E-state index is 0.0856. The van der Waals surface area contributed by atoms with E-state index in [-0.39, 0.29) is 5.75 Å². The maximum absolute atomic E-state index is 11.7. The first kappa shape index (κ1) is 13.5. The lowest BCUT2D eigenvalue weighted by atomic mass is 10.1. The van der Waals surface area contributed by atoms with Gasteiger partial charge < -0.3 is 0 Å². The van der Waals surface area contributed by atoms with E-state index in [0.29, 0.717) is 17.7 Å². The van der Waals surface area contributed by atoms with Crippen molar-refractivity contribution in [3.63, 3.8) is 0 Å². The fourth-order valence-electron chi connectivity index (χ4n) is 1.45. The monoisotopic (exact) mass is 252 g/mol. The topological polar surface area (TPSA) is 70.0 Å². The molecule has 1 aromatic carbocycles. The van der Waals surface area contributed by atoms with Crippen LogP contribution >= 0.6 is 0 Å². The predicted octanol–water partition coefficient (Wildman–Crippen LogP) is 2.41. The Morgan fingerprint density at radius 2 is 2.12 bits per heavy atom. The highest BCUT2D eigenvalue weighted by atomic mass is 32.2. The summed E-state index contributed by atoms with van der Waals surface area (Å²) in [7, 11) is -3.35. The van der Waals surface area contributed by atoms with E-state index in [9.17, 15) is 8.42 Å². The van der Waals surface area contributed by atoms with Crippen molar-refractivity contribution in [2.24, 2.45) is 0 Å². The average Bonchev–Trinajstić information content (AvgIpc) is 2.26. The summed E-state index contributed by atoms with van der Waals surface area (Å²) in [5.74, 6) is 0.0856. The summed E-state index contributed by atoms with van der Waals surface area (Å²) >= 11 is 0. The Bertz CT molecular complexity index is 530. The molecule has 0 heterocycles. The molecule has 4 nitrogen and oxygen atoms in total. The highest BCUT2D eigenvalue weighted by molar-refractivity contribution is 7.92. The molecule has 0 bridgehead atoms. The number of unbranched alkanes of at least 4 members (excludes halogenated alkanes) is 1. The second-order valence-electron chi connectivity index (χ2n) is 3.88. The van der Waals surface area contributed by atoms with Gasteiger partial charge in [0.05, 0.1) is 17.0 Å². The molecule has 17 heavy (non-hydrogen) atoms. The lowest BCUT2D eigenvalue weighted by molar-refractivity contribution is 0.598. The maximum atomic E-state index is 11.7. The van der Waals surface area contributed by atoms with E-state index in [1.807, 2.05) is 13.0 Å². The molecule has 1 N–H and O–H groups in total. The molecule has 0 atom stereocenters. The van der Waals surface area contributed by atoms with Gasteiger partial charge in [0.2, 0.25) is 10.0 Å². The molecule has 0 spiro atoms. The van der Waals surface area contributed by atoms with E-state index in [1.54, 1.807) is 25.1 Å². The zero-order chi connectivity index (χ0) is 12.9. The molecule has 5 heteroatoms. The number of anilines is 1. The van der Waals surface area contributed by atoms with Crippen LogP contribution in [-0.4, -0.2) is 14.2 Å². The Morgan fingerprint density at radius 1 is 1.41 bits per heavy atom. The van der Waals surface area contributed by atoms with Gasteiger partial charge in [0.15, 0.2) is 0 Å². The van der Waals surface area contributed by atoms with Gasteiger partial charge in [0, 0.05) is 0 Å². The third-order valence-corrected chi connectivity index (χ3v) is 3.77. The lowest BCUT2D eigenvalue weighted by Gasteiger charge is -2.10. The van der Waals surface area contributed by atoms with Crippen LogP contribution in [0.2, 0.25) is 0 Å². The fraction of sp³-hybridized carbons (Fsp3) is 0.417. The number of hydrogen-bond donors (Lipinski definition) is 1. The summed E-state index contributed by atoms with van der Waals surface area (Å²) < 4.78 is 25.9. The van der Waals surface area contributed by atoms with Crippen molar-refractivity contribution in [1.82, 2.24) is 0 Å². The number of nitrogens with one attached hydrogen (secondary N) is 1. The Hall–Kier alpha value is -1.54. The van der Waals surface area contributed by atoms with Gasteiger partial charge in [0.1, 0.15) is 6.07 Å². The van der Waals surface area contributed by atoms with E-state index in [2.05, 4.69) is 4.72 Å². The Kier molecular flexibility index (Phi) is 4.53. The lowest BCUT2D eigenvalue weighted by Crippen LogP contribution is -2.17. The van der Waals surface area contributed by atoms with E-state index in [0.717, 1.165) is 12.0 Å². The quantitative estimate of drug-likeness (QED) is 0.874. The van der Waals surface area contributed by atoms with Crippen LogP contribution in [0.4, 0.5) is 5.69 Å². The number of hydrogen-bond acceptors (Lipinski definition) is 3. The summed E-state index contributed by atoms with van der Waals surface area (Å²) in [5.41, 5.74) is 1.51. The minimum Gasteiger partial charge on any atom is -0.282 e. The second-order valence-corrected chi connectivity index (χ2v) is 5.73. The summed E-state index contributed by atoms with van der Waals surface area (Å²) in [5, 5.41) is 8.99. The molecule has 0 aliphatic heterocycles. The molecule has 0 unspecified atom stereocenters. The van der Waals surface area contributed by atoms with Gasteiger partial charge in [-0.3, -0.25) is 4.72 Å². The molecule has 0 fully saturated rings. The number of sulfonamides is 1. The molecule has 0 aliphatic rings. The van der Waals surface area contributed by atoms with Gasteiger partial charge >= 0.3 is 0 Å². The molecule has 1 rings (SSSR count). The molecule has 1 aromatic rings. The van der Waals surface area contributed by atoms with Crippen LogP contribution in [0.1, 0.15) is 30.9 Å². The van der Waals surface area contributed by atoms with Crippen LogP contribution in [0.15, 0.2) is 18.2 Å². The van der Waals surface area contributed by atoms with E-state index in [1.165, 1.54) is 0 Å². The standard InChI is InChI=1S/C12H16N2O2S/c1-3-4-8-17(15,16)14-12-7-5-6-10(2)11(12)9-13/h5-7,14H,3-4,8H2,1-2H3. The third-order valence-electron chi connectivity index (χ3n) is 2.42. The first-order valence-electron chi connectivity index (χ1n) is 5.50. The minimum atomic E-state index is -3.35. The summed E-state index contributed by atoms with van der Waals surface area (Å²) in [6, 6.07) is 7.13. The number of rotatable bonds is 5. The SMILES string of the molecule is CCCCS(=O)(=O)Nc1cccc(C)c1C#N. The fourth-order valence-corrected chi connectivity index (χ4v) is 2.73. The maximum Gasteiger partial charge on any atom is 0.232 e. The first-order valence-corrected chi connectivity index (χ1v) is 7.15. The van der Waals surface area contributed by atoms with Gasteiger partial charge in [-0.05, 0) is 25.0 Å². The Morgan fingerprint density at radius 3 is 2.71 bits per heavy atom. The van der Waals surface area contributed by atoms with Crippen LogP contribution in [0, 0.1) is 18.3 Å². The average molecular weight is 252 g/mol. The van der Waals surface area contributed by atoms with Crippen molar-refractivity contribution in [1.29, 1.82) is 5.26 Å². The number of nitriles is 1. The van der Waals surface area contributed by atoms with Gasteiger partial charge in [0.25, 0.3) is 0 Å². The molecular formula is C12H16N2O2S. The van der Waals surface area contributed by atoms with E-state index >= 15 is 0 Å². The van der Waals surface area contributed by atoms with Gasteiger partial charge in [-0.15, -0.1) is 0 Å². The van der Waals surface area contributed by atoms with Crippen LogP contribution in [0.25, 0.3) is 0 Å². The molecule has 92 valence electrons. The number of aryl methyl sites for hydroxylation is 1. The van der Waals surface area contributed by atoms with Crippen LogP contribution in [0.3, 0.4) is 0 Å². The molecule has 0 aliphatic carbocycles. The van der Waals surface area contributed by atoms with Crippen molar-refractivity contribution in [2.45, 2.75) is 26.7 Å². The van der Waals surface area contributed by atoms with Gasteiger partial charge in [-0.2, -0.15) is 5.26 Å². The first-order chi connectivity index (χ1) is 8.00. The summed E-state index contributed by atoms with van der Waals surface area (Å²) in [4.78, 5) is 0. The molecular weight excluding hydrogens is 236 g/mol. The second kappa shape index (κ2) is 5.69. The van der Waals surface area contributed by atoms with E-state index in [4.69, 9.17) is 5.26 Å². The van der Waals surface area contributed by atoms with Gasteiger partial charge in [-0.1, -0.05) is 25.5 Å². The number of nitrogens with zero attached hydrogens (tertiary/aromatic N) is 1. The van der Waals surface area contributed by atoms with Crippen LogP contribution < -0.4 is 4.72 Å². The van der Waals surface area contributed by atoms with Crippen molar-refractivity contribution < 1.29 is 8.42 Å². The highest BCUT2D eigenvalue weighted by Crippen LogP contribution is 2.19. The zero-order valence-electron chi connectivity index (χ0n) is 10.0. The predicted molar refractivity (Wildman–Crippen MR) is 68.2 cm³/mol. The van der Waals surface area contributed by atoms with Crippen molar-refractivity contribution in [3.8, 4) is 6.07 Å².